The molecule has 0 aliphatic heterocycles. The molecule has 0 saturated heterocycles. The Morgan fingerprint density at radius 3 is 1.86 bits per heavy atom. The van der Waals surface area contributed by atoms with E-state index in [1.807, 2.05) is 0 Å². The molecule has 0 amide bonds. The molecule has 1 unspecified atom stereocenters. The molecule has 0 aliphatic carbocycles. The highest BCUT2D eigenvalue weighted by Gasteiger charge is 2.10. The maximum Gasteiger partial charge on any atom is 0.313 e. The molecule has 0 radical (unpaired) electrons. The molecule has 0 aromatic heterocycles. The van der Waals surface area contributed by atoms with Crippen molar-refractivity contribution in [1.29, 1.82) is 0 Å². The minimum atomic E-state index is -0.355. The third kappa shape index (κ3) is 13.9. The predicted octanol–water partition coefficient (Wildman–Crippen LogP) is 5.27. The number of esters is 2. The summed E-state index contributed by atoms with van der Waals surface area (Å²) in [6.07, 6.45) is 9.14. The maximum absolute atomic E-state index is 11.5. The van der Waals surface area contributed by atoms with Gasteiger partial charge in [-0.1, -0.05) is 66.2 Å². The van der Waals surface area contributed by atoms with Gasteiger partial charge in [0, 0.05) is 12.8 Å². The van der Waals surface area contributed by atoms with Crippen molar-refractivity contribution in [2.45, 2.75) is 91.9 Å². The van der Waals surface area contributed by atoms with Gasteiger partial charge in [-0.25, -0.2) is 0 Å². The van der Waals surface area contributed by atoms with Crippen LogP contribution in [0.4, 0.5) is 0 Å². The zero-order chi connectivity index (χ0) is 16.1. The second-order valence-electron chi connectivity index (χ2n) is 6.60. The smallest absolute Gasteiger partial charge is 0.313 e. The molecule has 0 spiro atoms. The Kier molecular flexibility index (Phi) is 12.3. The summed E-state index contributed by atoms with van der Waals surface area (Å²) in [6.45, 7) is 8.81. The maximum atomic E-state index is 11.5. The Balaban J connectivity index is 3.50. The molecule has 0 aromatic carbocycles. The van der Waals surface area contributed by atoms with Crippen molar-refractivity contribution in [3.63, 3.8) is 0 Å². The molecule has 0 aromatic rings. The first-order valence-corrected chi connectivity index (χ1v) is 8.69. The third-order valence-electron chi connectivity index (χ3n) is 3.91. The molecule has 0 saturated carbocycles. The highest BCUT2D eigenvalue weighted by molar-refractivity contribution is 5.85. The SMILES string of the molecule is CCC(C)CCCCC(=O)OC(=O)CCCCCC(C)C. The fraction of sp³-hybridized carbons (Fsp3) is 0.889. The number of ether oxygens (including phenoxy) is 1. The first kappa shape index (κ1) is 20.1. The Morgan fingerprint density at radius 2 is 1.33 bits per heavy atom. The third-order valence-corrected chi connectivity index (χ3v) is 3.91. The van der Waals surface area contributed by atoms with Gasteiger partial charge in [0.05, 0.1) is 0 Å². The fourth-order valence-corrected chi connectivity index (χ4v) is 2.19. The van der Waals surface area contributed by atoms with Crippen LogP contribution in [0.3, 0.4) is 0 Å². The Labute approximate surface area is 130 Å². The Hall–Kier alpha value is -0.860. The van der Waals surface area contributed by atoms with Gasteiger partial charge in [0.2, 0.25) is 0 Å². The number of carbonyl (C=O) groups is 2. The van der Waals surface area contributed by atoms with Crippen molar-refractivity contribution in [3.8, 4) is 0 Å². The van der Waals surface area contributed by atoms with Crippen molar-refractivity contribution in [3.05, 3.63) is 0 Å². The van der Waals surface area contributed by atoms with Crippen molar-refractivity contribution >= 4 is 11.9 Å². The quantitative estimate of drug-likeness (QED) is 0.280. The summed E-state index contributed by atoms with van der Waals surface area (Å²) >= 11 is 0. The molecule has 0 N–H and O–H groups in total. The summed E-state index contributed by atoms with van der Waals surface area (Å²) in [4.78, 5) is 23.0. The number of carbonyl (C=O) groups excluding carboxylic acids is 2. The Morgan fingerprint density at radius 1 is 0.810 bits per heavy atom. The first-order chi connectivity index (χ1) is 9.95. The summed E-state index contributed by atoms with van der Waals surface area (Å²) < 4.78 is 4.83. The molecule has 0 bridgehead atoms. The minimum absolute atomic E-state index is 0.355. The fourth-order valence-electron chi connectivity index (χ4n) is 2.19. The zero-order valence-corrected chi connectivity index (χ0v) is 14.5. The summed E-state index contributed by atoms with van der Waals surface area (Å²) in [7, 11) is 0. The lowest BCUT2D eigenvalue weighted by atomic mass is 10.0. The average molecular weight is 298 g/mol. The molecule has 0 heterocycles. The molecule has 0 rings (SSSR count). The molecule has 1 atom stereocenters. The van der Waals surface area contributed by atoms with Crippen LogP contribution in [0, 0.1) is 11.8 Å². The second-order valence-corrected chi connectivity index (χ2v) is 6.60. The highest BCUT2D eigenvalue weighted by atomic mass is 16.6. The van der Waals surface area contributed by atoms with Crippen LogP contribution in [-0.4, -0.2) is 11.9 Å². The van der Waals surface area contributed by atoms with E-state index < -0.39 is 0 Å². The van der Waals surface area contributed by atoms with Crippen LogP contribution in [-0.2, 0) is 14.3 Å². The van der Waals surface area contributed by atoms with Gasteiger partial charge in [-0.15, -0.1) is 0 Å². The summed E-state index contributed by atoms with van der Waals surface area (Å²) in [5, 5.41) is 0. The van der Waals surface area contributed by atoms with Gasteiger partial charge in [-0.05, 0) is 24.7 Å². The largest absolute Gasteiger partial charge is 0.393 e. The minimum Gasteiger partial charge on any atom is -0.393 e. The van der Waals surface area contributed by atoms with Gasteiger partial charge < -0.3 is 4.74 Å². The van der Waals surface area contributed by atoms with E-state index in [1.165, 1.54) is 12.8 Å². The lowest BCUT2D eigenvalue weighted by Gasteiger charge is -2.07. The standard InChI is InChI=1S/C18H34O3/c1-5-16(4)12-9-10-14-18(20)21-17(19)13-8-6-7-11-15(2)3/h15-16H,5-14H2,1-4H3. The monoisotopic (exact) mass is 298 g/mol. The number of rotatable bonds is 12. The number of hydrogen-bond donors (Lipinski definition) is 0. The van der Waals surface area contributed by atoms with E-state index in [2.05, 4.69) is 27.7 Å². The van der Waals surface area contributed by atoms with Crippen LogP contribution in [0.5, 0.6) is 0 Å². The normalized spacial score (nSPS) is 12.4. The topological polar surface area (TPSA) is 43.4 Å². The molecular weight excluding hydrogens is 264 g/mol. The van der Waals surface area contributed by atoms with Gasteiger partial charge in [0.15, 0.2) is 0 Å². The second kappa shape index (κ2) is 12.8. The van der Waals surface area contributed by atoms with Gasteiger partial charge in [-0.3, -0.25) is 9.59 Å². The number of hydrogen-bond acceptors (Lipinski definition) is 3. The molecule has 3 nitrogen and oxygen atoms in total. The van der Waals surface area contributed by atoms with Gasteiger partial charge >= 0.3 is 11.9 Å². The van der Waals surface area contributed by atoms with Gasteiger partial charge in [0.1, 0.15) is 0 Å². The Bertz CT molecular complexity index is 284. The van der Waals surface area contributed by atoms with Crippen LogP contribution in [0.25, 0.3) is 0 Å². The first-order valence-electron chi connectivity index (χ1n) is 8.69. The molecule has 124 valence electrons. The molecular formula is C18H34O3. The van der Waals surface area contributed by atoms with Gasteiger partial charge in [0.25, 0.3) is 0 Å². The van der Waals surface area contributed by atoms with E-state index in [0.29, 0.717) is 24.7 Å². The van der Waals surface area contributed by atoms with E-state index in [4.69, 9.17) is 4.74 Å². The van der Waals surface area contributed by atoms with E-state index in [1.54, 1.807) is 0 Å². The molecule has 0 fully saturated rings. The van der Waals surface area contributed by atoms with Crippen LogP contribution in [0.1, 0.15) is 91.9 Å². The summed E-state index contributed by atoms with van der Waals surface area (Å²) in [5.41, 5.74) is 0. The van der Waals surface area contributed by atoms with Crippen molar-refractivity contribution in [1.82, 2.24) is 0 Å². The predicted molar refractivity (Wildman–Crippen MR) is 86.9 cm³/mol. The van der Waals surface area contributed by atoms with Crippen molar-refractivity contribution in [2.24, 2.45) is 11.8 Å². The zero-order valence-electron chi connectivity index (χ0n) is 14.5. The average Bonchev–Trinajstić information content (AvgIpc) is 2.42. The number of unbranched alkanes of at least 4 members (excludes halogenated alkanes) is 3. The lowest BCUT2D eigenvalue weighted by molar-refractivity contribution is -0.159. The molecule has 0 aliphatic rings. The van der Waals surface area contributed by atoms with Crippen molar-refractivity contribution < 1.29 is 14.3 Å². The van der Waals surface area contributed by atoms with E-state index in [9.17, 15) is 9.59 Å². The molecule has 3 heteroatoms. The molecule has 21 heavy (non-hydrogen) atoms. The lowest BCUT2D eigenvalue weighted by Crippen LogP contribution is -2.12. The van der Waals surface area contributed by atoms with Crippen LogP contribution < -0.4 is 0 Å². The highest BCUT2D eigenvalue weighted by Crippen LogP contribution is 2.13. The van der Waals surface area contributed by atoms with Crippen LogP contribution in [0.15, 0.2) is 0 Å². The summed E-state index contributed by atoms with van der Waals surface area (Å²) in [5.74, 6) is 0.722. The van der Waals surface area contributed by atoms with Gasteiger partial charge in [-0.2, -0.15) is 0 Å². The van der Waals surface area contributed by atoms with E-state index in [0.717, 1.165) is 38.5 Å². The summed E-state index contributed by atoms with van der Waals surface area (Å²) in [6, 6.07) is 0. The van der Waals surface area contributed by atoms with Crippen LogP contribution in [0.2, 0.25) is 0 Å². The van der Waals surface area contributed by atoms with Crippen LogP contribution >= 0.6 is 0 Å². The van der Waals surface area contributed by atoms with Crippen molar-refractivity contribution in [2.75, 3.05) is 0 Å². The van der Waals surface area contributed by atoms with E-state index >= 15 is 0 Å². The van der Waals surface area contributed by atoms with E-state index in [-0.39, 0.29) is 11.9 Å².